The molecule has 0 spiro atoms. The second-order valence-corrected chi connectivity index (χ2v) is 7.28. The van der Waals surface area contributed by atoms with Crippen LogP contribution in [0.25, 0.3) is 5.41 Å². The van der Waals surface area contributed by atoms with Crippen LogP contribution in [0.5, 0.6) is 0 Å². The predicted octanol–water partition coefficient (Wildman–Crippen LogP) is 4.81. The average Bonchev–Trinajstić information content (AvgIpc) is 2.82. The molecule has 0 radical (unpaired) electrons. The van der Waals surface area contributed by atoms with E-state index in [0.717, 1.165) is 10.9 Å². The summed E-state index contributed by atoms with van der Waals surface area (Å²) in [5.41, 5.74) is 0. The fourth-order valence-electron chi connectivity index (χ4n) is 2.18. The molecule has 1 heterocycles. The summed E-state index contributed by atoms with van der Waals surface area (Å²) in [5, 5.41) is 8.47. The number of isothiocyanates is 1. The molecule has 1 aliphatic heterocycles. The first kappa shape index (κ1) is 17.2. The molecular weight excluding hydrogens is 246 g/mol. The van der Waals surface area contributed by atoms with Gasteiger partial charge in [-0.05, 0) is 36.6 Å². The topological polar surface area (TPSA) is 22.3 Å². The van der Waals surface area contributed by atoms with E-state index in [1.54, 1.807) is 17.3 Å². The van der Waals surface area contributed by atoms with E-state index in [9.17, 15) is 0 Å². The zero-order chi connectivity index (χ0) is 12.8. The highest BCUT2D eigenvalue weighted by Crippen LogP contribution is 2.16. The molecule has 1 rings (SSSR count). The fourth-order valence-corrected chi connectivity index (χ4v) is 4.63. The van der Waals surface area contributed by atoms with Gasteiger partial charge in [0.05, 0.1) is 0 Å². The van der Waals surface area contributed by atoms with Crippen molar-refractivity contribution in [2.75, 3.05) is 17.3 Å². The zero-order valence-corrected chi connectivity index (χ0v) is 12.9. The highest BCUT2D eigenvalue weighted by molar-refractivity contribution is 7.97. The summed E-state index contributed by atoms with van der Waals surface area (Å²) in [7, 11) is 0.864. The first-order valence-corrected chi connectivity index (χ1v) is 9.14. The molecule has 0 aromatic rings. The van der Waals surface area contributed by atoms with Gasteiger partial charge in [0.1, 0.15) is 17.3 Å². The van der Waals surface area contributed by atoms with Crippen molar-refractivity contribution in [1.82, 2.24) is 0 Å². The van der Waals surface area contributed by atoms with Gasteiger partial charge >= 0.3 is 0 Å². The van der Waals surface area contributed by atoms with Crippen molar-refractivity contribution in [3.8, 4) is 0 Å². The summed E-state index contributed by atoms with van der Waals surface area (Å²) in [6.07, 6.45) is 13.4. The van der Waals surface area contributed by atoms with Crippen LogP contribution in [0.15, 0.2) is 0 Å². The Balaban J connectivity index is 0.000000770. The summed E-state index contributed by atoms with van der Waals surface area (Å²) in [6.45, 7) is 2.29. The minimum Gasteiger partial charge on any atom is -0.753 e. The van der Waals surface area contributed by atoms with E-state index in [2.05, 4.69) is 19.1 Å². The van der Waals surface area contributed by atoms with Gasteiger partial charge in [0.25, 0.3) is 0 Å². The van der Waals surface area contributed by atoms with Crippen LogP contribution in [-0.2, 0) is 10.9 Å². The molecule has 0 bridgehead atoms. The van der Waals surface area contributed by atoms with E-state index in [1.807, 2.05) is 0 Å². The van der Waals surface area contributed by atoms with Crippen molar-refractivity contribution >= 4 is 28.3 Å². The van der Waals surface area contributed by atoms with Crippen molar-refractivity contribution in [1.29, 1.82) is 0 Å². The molecule has 0 saturated carbocycles. The van der Waals surface area contributed by atoms with E-state index in [4.69, 9.17) is 5.41 Å². The van der Waals surface area contributed by atoms with E-state index < -0.39 is 0 Å². The predicted molar refractivity (Wildman–Crippen MR) is 85.2 cm³/mol. The van der Waals surface area contributed by atoms with E-state index in [0.29, 0.717) is 0 Å². The molecule has 100 valence electrons. The molecule has 0 unspecified atom stereocenters. The van der Waals surface area contributed by atoms with Gasteiger partial charge in [-0.15, -0.1) is 0 Å². The maximum absolute atomic E-state index is 7.13. The normalized spacial score (nSPS) is 15.1. The molecule has 1 saturated heterocycles. The second-order valence-electron chi connectivity index (χ2n) is 4.64. The van der Waals surface area contributed by atoms with Crippen LogP contribution in [0.2, 0.25) is 0 Å². The van der Waals surface area contributed by atoms with Crippen molar-refractivity contribution < 1.29 is 0 Å². The van der Waals surface area contributed by atoms with Crippen molar-refractivity contribution in [2.45, 2.75) is 64.7 Å². The summed E-state index contributed by atoms with van der Waals surface area (Å²) in [5.74, 6) is 4.69. The largest absolute Gasteiger partial charge is 0.753 e. The van der Waals surface area contributed by atoms with Gasteiger partial charge in [-0.3, -0.25) is 0 Å². The third-order valence-corrected chi connectivity index (χ3v) is 5.75. The Morgan fingerprint density at radius 1 is 1.00 bits per heavy atom. The third kappa shape index (κ3) is 12.4. The van der Waals surface area contributed by atoms with Gasteiger partial charge < -0.3 is 5.41 Å². The Bertz CT molecular complexity index is 183. The average molecular weight is 274 g/mol. The van der Waals surface area contributed by atoms with E-state index >= 15 is 0 Å². The van der Waals surface area contributed by atoms with Gasteiger partial charge in [-0.1, -0.05) is 51.2 Å². The number of rotatable bonds is 8. The third-order valence-electron chi connectivity index (χ3n) is 3.15. The highest BCUT2D eigenvalue weighted by Gasteiger charge is 2.22. The molecular formula is C14H27NS2. The van der Waals surface area contributed by atoms with E-state index in [1.165, 1.54) is 62.9 Å². The van der Waals surface area contributed by atoms with Crippen LogP contribution < -0.4 is 0 Å². The summed E-state index contributed by atoms with van der Waals surface area (Å²) in [6, 6.07) is 0. The number of hydrogen-bond acceptors (Lipinski definition) is 1. The lowest BCUT2D eigenvalue weighted by Crippen LogP contribution is -2.08. The fraction of sp³-hybridized carbons (Fsp3) is 0.929. The molecule has 0 aromatic heterocycles. The van der Waals surface area contributed by atoms with Crippen LogP contribution in [0.3, 0.4) is 0 Å². The molecule has 0 amide bonds. The maximum atomic E-state index is 7.13. The van der Waals surface area contributed by atoms with Crippen LogP contribution in [0.1, 0.15) is 64.7 Å². The van der Waals surface area contributed by atoms with Crippen LogP contribution in [0, 0.1) is 0 Å². The molecule has 0 atom stereocenters. The second kappa shape index (κ2) is 14.2. The van der Waals surface area contributed by atoms with Gasteiger partial charge in [0.15, 0.2) is 0 Å². The summed E-state index contributed by atoms with van der Waals surface area (Å²) < 4.78 is 0. The number of hydrogen-bond donors (Lipinski definition) is 0. The first-order valence-electron chi connectivity index (χ1n) is 7.00. The SMILES string of the molecule is CCCCCCCCC[S+]1CCCC1.[N-]=C=S. The molecule has 0 aliphatic carbocycles. The molecule has 0 aromatic carbocycles. The Labute approximate surface area is 116 Å². The molecule has 3 heteroatoms. The standard InChI is InChI=1S/C13H27S.CNS/c1-2-3-4-5-6-7-8-11-14-12-9-10-13-14;2-1-3/h2-13H2,1H3;/q+1;-1. The number of nitrogens with zero attached hydrogens (tertiary/aromatic N) is 1. The lowest BCUT2D eigenvalue weighted by molar-refractivity contribution is 0.603. The lowest BCUT2D eigenvalue weighted by atomic mass is 10.1. The minimum atomic E-state index is 0.864. The van der Waals surface area contributed by atoms with Gasteiger partial charge in [-0.2, -0.15) is 5.16 Å². The molecule has 17 heavy (non-hydrogen) atoms. The number of thiocarbonyl (C=S) groups is 1. The molecule has 1 nitrogen and oxygen atoms in total. The quantitative estimate of drug-likeness (QED) is 0.269. The summed E-state index contributed by atoms with van der Waals surface area (Å²) >= 11 is 3.70. The Morgan fingerprint density at radius 2 is 1.47 bits per heavy atom. The molecule has 1 fully saturated rings. The monoisotopic (exact) mass is 273 g/mol. The van der Waals surface area contributed by atoms with Gasteiger partial charge in [-0.25, -0.2) is 0 Å². The summed E-state index contributed by atoms with van der Waals surface area (Å²) in [4.78, 5) is 0. The van der Waals surface area contributed by atoms with Crippen LogP contribution >= 0.6 is 12.2 Å². The van der Waals surface area contributed by atoms with Crippen molar-refractivity contribution in [3.63, 3.8) is 0 Å². The van der Waals surface area contributed by atoms with Crippen molar-refractivity contribution in [3.05, 3.63) is 5.41 Å². The lowest BCUT2D eigenvalue weighted by Gasteiger charge is -2.01. The zero-order valence-electron chi connectivity index (χ0n) is 11.2. The smallest absolute Gasteiger partial charge is 0.108 e. The Kier molecular flexibility index (Phi) is 14.3. The maximum Gasteiger partial charge on any atom is 0.108 e. The van der Waals surface area contributed by atoms with Gasteiger partial charge in [0, 0.05) is 0 Å². The molecule has 1 aliphatic rings. The van der Waals surface area contributed by atoms with Crippen LogP contribution in [-0.4, -0.2) is 22.4 Å². The molecule has 0 N–H and O–H groups in total. The van der Waals surface area contributed by atoms with Crippen molar-refractivity contribution in [2.24, 2.45) is 0 Å². The van der Waals surface area contributed by atoms with Crippen LogP contribution in [0.4, 0.5) is 0 Å². The highest BCUT2D eigenvalue weighted by atomic mass is 32.2. The Hall–Kier alpha value is 0.150. The first-order chi connectivity index (χ1) is 8.35. The number of unbranched alkanes of at least 4 members (excludes halogenated alkanes) is 6. The Morgan fingerprint density at radius 3 is 2.00 bits per heavy atom. The van der Waals surface area contributed by atoms with E-state index in [-0.39, 0.29) is 0 Å². The minimum absolute atomic E-state index is 0.864. The van der Waals surface area contributed by atoms with Gasteiger partial charge in [0.2, 0.25) is 0 Å².